The zero-order chi connectivity index (χ0) is 13.9. The molecule has 4 nitrogen and oxygen atoms in total. The number of nitrogens with one attached hydrogen (secondary N) is 1. The SMILES string of the molecule is COc1ccc2nc(CCc3cccc(N)c3)[nH]c2c1. The maximum absolute atomic E-state index is 5.78. The second-order valence-electron chi connectivity index (χ2n) is 4.81. The molecule has 0 spiro atoms. The quantitative estimate of drug-likeness (QED) is 0.714. The van der Waals surface area contributed by atoms with Gasteiger partial charge in [-0.05, 0) is 36.2 Å². The number of nitrogens with zero attached hydrogens (tertiary/aromatic N) is 1. The van der Waals surface area contributed by atoms with Gasteiger partial charge in [0.1, 0.15) is 11.6 Å². The van der Waals surface area contributed by atoms with E-state index in [2.05, 4.69) is 16.0 Å². The van der Waals surface area contributed by atoms with E-state index in [4.69, 9.17) is 10.5 Å². The van der Waals surface area contributed by atoms with Gasteiger partial charge in [0.15, 0.2) is 0 Å². The average molecular weight is 267 g/mol. The van der Waals surface area contributed by atoms with E-state index in [9.17, 15) is 0 Å². The molecule has 2 aromatic carbocycles. The smallest absolute Gasteiger partial charge is 0.121 e. The maximum Gasteiger partial charge on any atom is 0.121 e. The molecule has 0 fully saturated rings. The van der Waals surface area contributed by atoms with Crippen LogP contribution in [0, 0.1) is 0 Å². The van der Waals surface area contributed by atoms with Crippen molar-refractivity contribution < 1.29 is 4.74 Å². The standard InChI is InChI=1S/C16H17N3O/c1-20-13-6-7-14-15(10-13)19-16(18-14)8-5-11-3-2-4-12(17)9-11/h2-4,6-7,9-10H,5,8,17H2,1H3,(H,18,19). The highest BCUT2D eigenvalue weighted by molar-refractivity contribution is 5.76. The van der Waals surface area contributed by atoms with Gasteiger partial charge in [-0.1, -0.05) is 12.1 Å². The lowest BCUT2D eigenvalue weighted by molar-refractivity contribution is 0.415. The molecular formula is C16H17N3O. The lowest BCUT2D eigenvalue weighted by Gasteiger charge is -2.00. The molecule has 20 heavy (non-hydrogen) atoms. The predicted molar refractivity (Wildman–Crippen MR) is 80.9 cm³/mol. The summed E-state index contributed by atoms with van der Waals surface area (Å²) in [4.78, 5) is 7.92. The number of nitrogens with two attached hydrogens (primary N) is 1. The Kier molecular flexibility index (Phi) is 3.29. The Labute approximate surface area is 117 Å². The van der Waals surface area contributed by atoms with Gasteiger partial charge in [-0.3, -0.25) is 0 Å². The second-order valence-corrected chi connectivity index (χ2v) is 4.81. The summed E-state index contributed by atoms with van der Waals surface area (Å²) in [6.07, 6.45) is 1.78. The van der Waals surface area contributed by atoms with Gasteiger partial charge in [0.25, 0.3) is 0 Å². The fraction of sp³-hybridized carbons (Fsp3) is 0.188. The highest BCUT2D eigenvalue weighted by atomic mass is 16.5. The van der Waals surface area contributed by atoms with E-state index in [1.165, 1.54) is 5.56 Å². The number of H-pyrrole nitrogens is 1. The summed E-state index contributed by atoms with van der Waals surface area (Å²) in [6.45, 7) is 0. The number of ether oxygens (including phenoxy) is 1. The number of imidazole rings is 1. The normalized spacial score (nSPS) is 10.8. The molecule has 0 radical (unpaired) electrons. The predicted octanol–water partition coefficient (Wildman–Crippen LogP) is 2.94. The Balaban J connectivity index is 1.77. The number of anilines is 1. The van der Waals surface area contributed by atoms with Crippen LogP contribution in [0.1, 0.15) is 11.4 Å². The van der Waals surface area contributed by atoms with Gasteiger partial charge >= 0.3 is 0 Å². The first kappa shape index (κ1) is 12.5. The van der Waals surface area contributed by atoms with Crippen molar-refractivity contribution in [1.82, 2.24) is 9.97 Å². The first-order valence-corrected chi connectivity index (χ1v) is 6.61. The second kappa shape index (κ2) is 5.25. The minimum absolute atomic E-state index is 0.803. The Bertz CT molecular complexity index is 733. The van der Waals surface area contributed by atoms with Crippen LogP contribution < -0.4 is 10.5 Å². The number of nitrogen functional groups attached to an aromatic ring is 1. The highest BCUT2D eigenvalue weighted by Gasteiger charge is 2.04. The molecule has 1 heterocycles. The summed E-state index contributed by atoms with van der Waals surface area (Å²) < 4.78 is 5.21. The summed E-state index contributed by atoms with van der Waals surface area (Å²) in [5.41, 5.74) is 9.78. The van der Waals surface area contributed by atoms with Gasteiger partial charge in [-0.2, -0.15) is 0 Å². The number of aryl methyl sites for hydroxylation is 2. The summed E-state index contributed by atoms with van der Waals surface area (Å²) in [5, 5.41) is 0. The number of methoxy groups -OCH3 is 1. The Morgan fingerprint density at radius 2 is 2.05 bits per heavy atom. The van der Waals surface area contributed by atoms with Crippen molar-refractivity contribution in [3.63, 3.8) is 0 Å². The number of hydrogen-bond donors (Lipinski definition) is 2. The lowest BCUT2D eigenvalue weighted by atomic mass is 10.1. The largest absolute Gasteiger partial charge is 0.497 e. The molecular weight excluding hydrogens is 250 g/mol. The van der Waals surface area contributed by atoms with Crippen LogP contribution >= 0.6 is 0 Å². The van der Waals surface area contributed by atoms with E-state index in [1.807, 2.05) is 36.4 Å². The molecule has 0 saturated carbocycles. The lowest BCUT2D eigenvalue weighted by Crippen LogP contribution is -1.94. The third-order valence-corrected chi connectivity index (χ3v) is 3.34. The maximum atomic E-state index is 5.78. The van der Waals surface area contributed by atoms with Crippen LogP contribution in [0.4, 0.5) is 5.69 Å². The minimum atomic E-state index is 0.803. The number of benzene rings is 2. The number of aromatic nitrogens is 2. The van der Waals surface area contributed by atoms with Crippen LogP contribution in [0.3, 0.4) is 0 Å². The number of fused-ring (bicyclic) bond motifs is 1. The Morgan fingerprint density at radius 1 is 1.15 bits per heavy atom. The fourth-order valence-corrected chi connectivity index (χ4v) is 2.30. The van der Waals surface area contributed by atoms with Gasteiger partial charge in [-0.15, -0.1) is 0 Å². The van der Waals surface area contributed by atoms with E-state index in [-0.39, 0.29) is 0 Å². The molecule has 0 aliphatic rings. The summed E-state index contributed by atoms with van der Waals surface area (Å²) in [7, 11) is 1.66. The Morgan fingerprint density at radius 3 is 2.85 bits per heavy atom. The van der Waals surface area contributed by atoms with Gasteiger partial charge < -0.3 is 15.5 Å². The zero-order valence-electron chi connectivity index (χ0n) is 11.4. The van der Waals surface area contributed by atoms with Crippen molar-refractivity contribution in [2.24, 2.45) is 0 Å². The molecule has 0 unspecified atom stereocenters. The summed E-state index contributed by atoms with van der Waals surface area (Å²) in [6, 6.07) is 13.8. The van der Waals surface area contributed by atoms with E-state index >= 15 is 0 Å². The van der Waals surface area contributed by atoms with Crippen molar-refractivity contribution in [2.45, 2.75) is 12.8 Å². The van der Waals surface area contributed by atoms with Crippen LogP contribution in [0.25, 0.3) is 11.0 Å². The summed E-state index contributed by atoms with van der Waals surface area (Å²) >= 11 is 0. The molecule has 0 aliphatic heterocycles. The molecule has 0 amide bonds. The molecule has 0 atom stereocenters. The zero-order valence-corrected chi connectivity index (χ0v) is 11.4. The fourth-order valence-electron chi connectivity index (χ4n) is 2.30. The van der Waals surface area contributed by atoms with E-state index < -0.39 is 0 Å². The number of aromatic amines is 1. The average Bonchev–Trinajstić information content (AvgIpc) is 2.87. The summed E-state index contributed by atoms with van der Waals surface area (Å²) in [5.74, 6) is 1.82. The van der Waals surface area contributed by atoms with Gasteiger partial charge in [0.2, 0.25) is 0 Å². The van der Waals surface area contributed by atoms with Gasteiger partial charge in [0, 0.05) is 18.2 Å². The van der Waals surface area contributed by atoms with Crippen molar-refractivity contribution >= 4 is 16.7 Å². The number of hydrogen-bond acceptors (Lipinski definition) is 3. The van der Waals surface area contributed by atoms with Gasteiger partial charge in [-0.25, -0.2) is 4.98 Å². The molecule has 3 N–H and O–H groups in total. The van der Waals surface area contributed by atoms with Crippen molar-refractivity contribution in [3.05, 3.63) is 53.9 Å². The van der Waals surface area contributed by atoms with Crippen molar-refractivity contribution in [3.8, 4) is 5.75 Å². The third kappa shape index (κ3) is 2.59. The molecule has 1 aromatic heterocycles. The van der Waals surface area contributed by atoms with Crippen LogP contribution in [0.2, 0.25) is 0 Å². The monoisotopic (exact) mass is 267 g/mol. The first-order valence-electron chi connectivity index (χ1n) is 6.61. The van der Waals surface area contributed by atoms with Crippen molar-refractivity contribution in [2.75, 3.05) is 12.8 Å². The molecule has 4 heteroatoms. The third-order valence-electron chi connectivity index (χ3n) is 3.34. The Hall–Kier alpha value is -2.49. The van der Waals surface area contributed by atoms with E-state index in [0.29, 0.717) is 0 Å². The van der Waals surface area contributed by atoms with Crippen LogP contribution in [0.15, 0.2) is 42.5 Å². The van der Waals surface area contributed by atoms with Gasteiger partial charge in [0.05, 0.1) is 18.1 Å². The first-order chi connectivity index (χ1) is 9.74. The molecule has 0 bridgehead atoms. The minimum Gasteiger partial charge on any atom is -0.497 e. The number of rotatable bonds is 4. The molecule has 0 saturated heterocycles. The van der Waals surface area contributed by atoms with E-state index in [0.717, 1.165) is 41.1 Å². The topological polar surface area (TPSA) is 63.9 Å². The van der Waals surface area contributed by atoms with Crippen molar-refractivity contribution in [1.29, 1.82) is 0 Å². The van der Waals surface area contributed by atoms with Crippen LogP contribution in [-0.2, 0) is 12.8 Å². The molecule has 0 aliphatic carbocycles. The highest BCUT2D eigenvalue weighted by Crippen LogP contribution is 2.19. The van der Waals surface area contributed by atoms with Crippen LogP contribution in [-0.4, -0.2) is 17.1 Å². The molecule has 3 rings (SSSR count). The van der Waals surface area contributed by atoms with E-state index in [1.54, 1.807) is 7.11 Å². The molecule has 3 aromatic rings. The van der Waals surface area contributed by atoms with Crippen LogP contribution in [0.5, 0.6) is 5.75 Å². The molecule has 102 valence electrons.